The number of alkyl halides is 3. The molecule has 0 aliphatic heterocycles. The van der Waals surface area contributed by atoms with Gasteiger partial charge in [-0.25, -0.2) is 0 Å². The molecule has 164 valence electrons. The van der Waals surface area contributed by atoms with Gasteiger partial charge in [-0.2, -0.15) is 18.3 Å². The second-order valence-electron chi connectivity index (χ2n) is 6.72. The van der Waals surface area contributed by atoms with Crippen molar-refractivity contribution in [3.05, 3.63) is 52.2 Å². The van der Waals surface area contributed by atoms with Crippen molar-refractivity contribution in [3.8, 4) is 5.75 Å². The molecule has 2 heterocycles. The summed E-state index contributed by atoms with van der Waals surface area (Å²) < 4.78 is 39.3. The highest BCUT2D eigenvalue weighted by Crippen LogP contribution is 2.34. The van der Waals surface area contributed by atoms with E-state index >= 15 is 0 Å². The van der Waals surface area contributed by atoms with Gasteiger partial charge in [0.25, 0.3) is 0 Å². The number of carbonyl (C=O) groups is 1. The Morgan fingerprint density at radius 2 is 1.84 bits per heavy atom. The van der Waals surface area contributed by atoms with Crippen LogP contribution in [0.2, 0.25) is 0 Å². The van der Waals surface area contributed by atoms with E-state index in [-0.39, 0.29) is 11.4 Å². The van der Waals surface area contributed by atoms with E-state index in [1.165, 1.54) is 11.3 Å². The molecule has 2 aromatic heterocycles. The number of halogens is 3. The number of phenols is 1. The summed E-state index contributed by atoms with van der Waals surface area (Å²) in [5.41, 5.74) is 4.96. The van der Waals surface area contributed by atoms with Crippen molar-refractivity contribution in [1.29, 1.82) is 0 Å². The van der Waals surface area contributed by atoms with E-state index < -0.39 is 29.8 Å². The molecule has 0 aliphatic carbocycles. The number of nitrogens with two attached hydrogens (primary N) is 1. The summed E-state index contributed by atoms with van der Waals surface area (Å²) in [4.78, 5) is 12.2. The second kappa shape index (κ2) is 9.69. The van der Waals surface area contributed by atoms with Crippen LogP contribution in [0.1, 0.15) is 34.7 Å². The van der Waals surface area contributed by atoms with Crippen LogP contribution in [0.25, 0.3) is 0 Å². The Labute approximate surface area is 179 Å². The van der Waals surface area contributed by atoms with Gasteiger partial charge >= 0.3 is 6.18 Å². The maximum absolute atomic E-state index is 13.1. The highest BCUT2D eigenvalue weighted by Gasteiger charge is 2.34. The number of carbonyl (C=O) groups excluding carboxylic acids is 1. The summed E-state index contributed by atoms with van der Waals surface area (Å²) in [5, 5.41) is 28.7. The van der Waals surface area contributed by atoms with Gasteiger partial charge in [-0.1, -0.05) is 17.4 Å². The van der Waals surface area contributed by atoms with Crippen LogP contribution in [-0.2, 0) is 30.2 Å². The number of rotatable bonds is 8. The third-order valence-corrected chi connectivity index (χ3v) is 5.11. The minimum atomic E-state index is -4.68. The molecule has 0 atom stereocenters. The zero-order chi connectivity index (χ0) is 22.4. The Bertz CT molecular complexity index is 1040. The quantitative estimate of drug-likeness (QED) is 0.447. The molecule has 0 fully saturated rings. The maximum atomic E-state index is 13.1. The van der Waals surface area contributed by atoms with Crippen molar-refractivity contribution in [2.45, 2.75) is 38.3 Å². The Balaban J connectivity index is 1.50. The van der Waals surface area contributed by atoms with E-state index in [1.807, 2.05) is 0 Å². The van der Waals surface area contributed by atoms with Gasteiger partial charge in [0.1, 0.15) is 10.8 Å². The largest absolute Gasteiger partial charge is 0.508 e. The average Bonchev–Trinajstić information content (AvgIpc) is 3.12. The van der Waals surface area contributed by atoms with Gasteiger partial charge in [0.15, 0.2) is 5.82 Å². The molecule has 0 bridgehead atoms. The minimum absolute atomic E-state index is 0.144. The van der Waals surface area contributed by atoms with Gasteiger partial charge in [-0.3, -0.25) is 4.79 Å². The smallest absolute Gasteiger partial charge is 0.416 e. The molecular formula is C19H19F3N6O2S. The van der Waals surface area contributed by atoms with Crippen molar-refractivity contribution < 1.29 is 23.1 Å². The van der Waals surface area contributed by atoms with Crippen molar-refractivity contribution in [3.63, 3.8) is 0 Å². The molecule has 1 amide bonds. The molecule has 3 aromatic rings. The summed E-state index contributed by atoms with van der Waals surface area (Å²) >= 11 is 1.36. The number of amides is 1. The first kappa shape index (κ1) is 22.4. The standard InChI is InChI=1S/C19H19F3N6O2S/c20-19(21,22)14-10-13(29)7-5-11(14)9-16(30)24-15-8-6-12(25-26-15)3-1-2-4-17-27-28-18(23)31-17/h5-8,10,29H,1-4,9H2,(H2,23,28)(H,24,26,30). The number of aromatic hydroxyl groups is 1. The zero-order valence-electron chi connectivity index (χ0n) is 16.2. The number of hydrogen-bond donors (Lipinski definition) is 3. The number of anilines is 2. The van der Waals surface area contributed by atoms with Crippen LogP contribution in [0.4, 0.5) is 24.1 Å². The number of hydrogen-bond acceptors (Lipinski definition) is 8. The summed E-state index contributed by atoms with van der Waals surface area (Å²) in [5.74, 6) is -1.05. The van der Waals surface area contributed by atoms with Crippen molar-refractivity contribution >= 4 is 28.2 Å². The van der Waals surface area contributed by atoms with E-state index in [2.05, 4.69) is 25.7 Å². The second-order valence-corrected chi connectivity index (χ2v) is 7.81. The van der Waals surface area contributed by atoms with Crippen LogP contribution in [0.15, 0.2) is 30.3 Å². The highest BCUT2D eigenvalue weighted by atomic mass is 32.1. The number of unbranched alkanes of at least 4 members (excludes halogenated alkanes) is 1. The fourth-order valence-electron chi connectivity index (χ4n) is 2.85. The molecule has 0 unspecified atom stereocenters. The molecule has 31 heavy (non-hydrogen) atoms. The third kappa shape index (κ3) is 6.60. The third-order valence-electron chi connectivity index (χ3n) is 4.29. The van der Waals surface area contributed by atoms with Gasteiger partial charge < -0.3 is 16.2 Å². The van der Waals surface area contributed by atoms with Gasteiger partial charge in [-0.05, 0) is 49.1 Å². The molecule has 0 radical (unpaired) electrons. The zero-order valence-corrected chi connectivity index (χ0v) is 17.0. The molecule has 0 aliphatic rings. The number of nitrogens with zero attached hydrogens (tertiary/aromatic N) is 4. The van der Waals surface area contributed by atoms with E-state index in [1.54, 1.807) is 12.1 Å². The molecular weight excluding hydrogens is 433 g/mol. The normalized spacial score (nSPS) is 11.5. The van der Waals surface area contributed by atoms with Crippen molar-refractivity contribution in [1.82, 2.24) is 20.4 Å². The number of nitrogens with one attached hydrogen (secondary N) is 1. The van der Waals surface area contributed by atoms with Gasteiger partial charge in [-0.15, -0.1) is 15.3 Å². The summed E-state index contributed by atoms with van der Waals surface area (Å²) in [7, 11) is 0. The maximum Gasteiger partial charge on any atom is 0.416 e. The molecule has 0 saturated heterocycles. The lowest BCUT2D eigenvalue weighted by Crippen LogP contribution is -2.18. The molecule has 12 heteroatoms. The van der Waals surface area contributed by atoms with Gasteiger partial charge in [0, 0.05) is 6.42 Å². The highest BCUT2D eigenvalue weighted by molar-refractivity contribution is 7.15. The SMILES string of the molecule is Nc1nnc(CCCCc2ccc(NC(=O)Cc3ccc(O)cc3C(F)(F)F)nn2)s1. The molecule has 0 saturated carbocycles. The van der Waals surface area contributed by atoms with E-state index in [4.69, 9.17) is 5.73 Å². The number of aromatic nitrogens is 4. The lowest BCUT2D eigenvalue weighted by atomic mass is 10.0. The van der Waals surface area contributed by atoms with E-state index in [0.717, 1.165) is 42.1 Å². The van der Waals surface area contributed by atoms with Crippen LogP contribution in [0.5, 0.6) is 5.75 Å². The fourth-order valence-corrected chi connectivity index (χ4v) is 3.50. The monoisotopic (exact) mass is 452 g/mol. The first-order valence-electron chi connectivity index (χ1n) is 9.30. The predicted molar refractivity (Wildman–Crippen MR) is 108 cm³/mol. The topological polar surface area (TPSA) is 127 Å². The average molecular weight is 452 g/mol. The lowest BCUT2D eigenvalue weighted by molar-refractivity contribution is -0.138. The Morgan fingerprint density at radius 1 is 1.06 bits per heavy atom. The molecule has 3 rings (SSSR count). The molecule has 8 nitrogen and oxygen atoms in total. The predicted octanol–water partition coefficient (Wildman–Crippen LogP) is 3.38. The van der Waals surface area contributed by atoms with Gasteiger partial charge in [0.2, 0.25) is 11.0 Å². The summed E-state index contributed by atoms with van der Waals surface area (Å²) in [6, 6.07) is 6.02. The Hall–Kier alpha value is -3.28. The number of nitrogen functional groups attached to an aromatic ring is 1. The van der Waals surface area contributed by atoms with Crippen LogP contribution in [-0.4, -0.2) is 31.4 Å². The van der Waals surface area contributed by atoms with Crippen molar-refractivity contribution in [2.24, 2.45) is 0 Å². The molecule has 1 aromatic carbocycles. The molecule has 4 N–H and O–H groups in total. The van der Waals surface area contributed by atoms with Crippen LogP contribution < -0.4 is 11.1 Å². The summed E-state index contributed by atoms with van der Waals surface area (Å²) in [6.07, 6.45) is -2.03. The Morgan fingerprint density at radius 3 is 2.48 bits per heavy atom. The van der Waals surface area contributed by atoms with Crippen LogP contribution >= 0.6 is 11.3 Å². The minimum Gasteiger partial charge on any atom is -0.508 e. The number of aryl methyl sites for hydroxylation is 2. The first-order valence-corrected chi connectivity index (χ1v) is 10.1. The fraction of sp³-hybridized carbons (Fsp3) is 0.316. The Kier molecular flexibility index (Phi) is 7.00. The van der Waals surface area contributed by atoms with Gasteiger partial charge in [0.05, 0.1) is 17.7 Å². The van der Waals surface area contributed by atoms with Crippen LogP contribution in [0.3, 0.4) is 0 Å². The molecule has 0 spiro atoms. The lowest BCUT2D eigenvalue weighted by Gasteiger charge is -2.13. The van der Waals surface area contributed by atoms with Crippen molar-refractivity contribution in [2.75, 3.05) is 11.1 Å². The summed E-state index contributed by atoms with van der Waals surface area (Å²) in [6.45, 7) is 0. The first-order chi connectivity index (χ1) is 14.7. The van der Waals surface area contributed by atoms with E-state index in [9.17, 15) is 23.1 Å². The van der Waals surface area contributed by atoms with E-state index in [0.29, 0.717) is 17.6 Å². The number of benzene rings is 1. The van der Waals surface area contributed by atoms with Crippen LogP contribution in [0, 0.1) is 0 Å². The number of phenolic OH excluding ortho intramolecular Hbond substituents is 1.